The number of hydrogen-bond donors (Lipinski definition) is 1. The molecule has 2 aromatic carbocycles. The molecule has 0 bridgehead atoms. The van der Waals surface area contributed by atoms with Gasteiger partial charge in [0, 0.05) is 26.5 Å². The van der Waals surface area contributed by atoms with Crippen molar-refractivity contribution in [2.45, 2.75) is 6.92 Å². The minimum atomic E-state index is -0.771. The van der Waals surface area contributed by atoms with Gasteiger partial charge < -0.3 is 4.57 Å². The molecule has 0 unspecified atom stereocenters. The highest BCUT2D eigenvalue weighted by atomic mass is 79.9. The van der Waals surface area contributed by atoms with Crippen LogP contribution in [0.1, 0.15) is 11.3 Å². The summed E-state index contributed by atoms with van der Waals surface area (Å²) < 4.78 is 3.65. The zero-order valence-corrected chi connectivity index (χ0v) is 18.9. The third-order valence-electron chi connectivity index (χ3n) is 4.68. The van der Waals surface area contributed by atoms with E-state index in [9.17, 15) is 14.4 Å². The van der Waals surface area contributed by atoms with Crippen molar-refractivity contribution in [1.82, 2.24) is 9.88 Å². The van der Waals surface area contributed by atoms with E-state index in [-0.39, 0.29) is 5.57 Å². The third-order valence-corrected chi connectivity index (χ3v) is 6.10. The molecule has 30 heavy (non-hydrogen) atoms. The minimum Gasteiger partial charge on any atom is -0.317 e. The molecule has 6 nitrogen and oxygen atoms in total. The fourth-order valence-electron chi connectivity index (χ4n) is 3.16. The van der Waals surface area contributed by atoms with Crippen molar-refractivity contribution in [2.75, 3.05) is 4.90 Å². The molecule has 3 aromatic rings. The second kappa shape index (κ2) is 8.04. The van der Waals surface area contributed by atoms with E-state index in [4.69, 9.17) is 0 Å². The molecule has 0 atom stereocenters. The van der Waals surface area contributed by atoms with Gasteiger partial charge in [0.2, 0.25) is 0 Å². The van der Waals surface area contributed by atoms with E-state index in [1.807, 2.05) is 48.0 Å². The normalized spacial score (nSPS) is 15.6. The molecule has 0 radical (unpaired) electrons. The number of aromatic nitrogens is 1. The Balaban J connectivity index is 1.74. The largest absolute Gasteiger partial charge is 0.335 e. The highest BCUT2D eigenvalue weighted by Gasteiger charge is 2.37. The van der Waals surface area contributed by atoms with Gasteiger partial charge in [-0.3, -0.25) is 14.9 Å². The summed E-state index contributed by atoms with van der Waals surface area (Å²) in [6.07, 6.45) is 3.33. The Morgan fingerprint density at radius 3 is 2.33 bits per heavy atom. The predicted octanol–water partition coefficient (Wildman–Crippen LogP) is 4.98. The van der Waals surface area contributed by atoms with Crippen LogP contribution in [0.2, 0.25) is 0 Å². The van der Waals surface area contributed by atoms with Crippen LogP contribution in [-0.4, -0.2) is 22.4 Å². The van der Waals surface area contributed by atoms with E-state index in [1.165, 1.54) is 6.08 Å². The summed E-state index contributed by atoms with van der Waals surface area (Å²) >= 11 is 6.81. The van der Waals surface area contributed by atoms with Crippen molar-refractivity contribution >= 4 is 61.5 Å². The van der Waals surface area contributed by atoms with Crippen LogP contribution in [0.15, 0.2) is 75.3 Å². The number of barbiturate groups is 1. The summed E-state index contributed by atoms with van der Waals surface area (Å²) in [7, 11) is 0. The van der Waals surface area contributed by atoms with Crippen molar-refractivity contribution in [3.05, 3.63) is 86.6 Å². The molecule has 0 saturated carbocycles. The zero-order valence-electron chi connectivity index (χ0n) is 15.7. The number of rotatable bonds is 3. The lowest BCUT2D eigenvalue weighted by atomic mass is 10.1. The first-order valence-electron chi connectivity index (χ1n) is 8.96. The van der Waals surface area contributed by atoms with Gasteiger partial charge in [0.15, 0.2) is 0 Å². The Kier molecular flexibility index (Phi) is 5.44. The number of hydrogen-bond acceptors (Lipinski definition) is 3. The Morgan fingerprint density at radius 1 is 0.933 bits per heavy atom. The summed E-state index contributed by atoms with van der Waals surface area (Å²) in [4.78, 5) is 38.9. The van der Waals surface area contributed by atoms with Crippen LogP contribution < -0.4 is 10.2 Å². The fourth-order valence-corrected chi connectivity index (χ4v) is 3.67. The fraction of sp³-hybridized carbons (Fsp3) is 0.0455. The molecule has 1 fully saturated rings. The summed E-state index contributed by atoms with van der Waals surface area (Å²) in [5, 5.41) is 2.25. The van der Waals surface area contributed by atoms with Crippen LogP contribution >= 0.6 is 31.9 Å². The predicted molar refractivity (Wildman–Crippen MR) is 121 cm³/mol. The highest BCUT2D eigenvalue weighted by Crippen LogP contribution is 2.27. The topological polar surface area (TPSA) is 71.4 Å². The van der Waals surface area contributed by atoms with Gasteiger partial charge in [-0.15, -0.1) is 0 Å². The molecule has 1 aliphatic rings. The summed E-state index contributed by atoms with van der Waals surface area (Å²) in [5.41, 5.74) is 2.64. The molecule has 1 saturated heterocycles. The number of anilines is 1. The second-order valence-corrected chi connectivity index (χ2v) is 8.44. The van der Waals surface area contributed by atoms with E-state index < -0.39 is 17.8 Å². The number of carbonyl (C=O) groups is 3. The van der Waals surface area contributed by atoms with Crippen molar-refractivity contribution < 1.29 is 14.4 Å². The van der Waals surface area contributed by atoms with E-state index in [1.54, 1.807) is 24.3 Å². The Labute approximate surface area is 189 Å². The van der Waals surface area contributed by atoms with E-state index >= 15 is 0 Å². The summed E-state index contributed by atoms with van der Waals surface area (Å²) in [5.74, 6) is -1.40. The van der Waals surface area contributed by atoms with Gasteiger partial charge in [-0.05, 0) is 73.2 Å². The van der Waals surface area contributed by atoms with Gasteiger partial charge in [-0.1, -0.05) is 31.9 Å². The number of halogens is 2. The molecule has 0 spiro atoms. The average molecular weight is 529 g/mol. The van der Waals surface area contributed by atoms with Crippen LogP contribution in [0.4, 0.5) is 10.5 Å². The number of nitrogens with one attached hydrogen (secondary N) is 1. The number of benzene rings is 2. The lowest BCUT2D eigenvalue weighted by Gasteiger charge is -2.26. The summed E-state index contributed by atoms with van der Waals surface area (Å²) in [6.45, 7) is 1.85. The lowest BCUT2D eigenvalue weighted by Crippen LogP contribution is -2.54. The molecule has 1 aromatic heterocycles. The van der Waals surface area contributed by atoms with Gasteiger partial charge in [-0.25, -0.2) is 9.69 Å². The van der Waals surface area contributed by atoms with Crippen LogP contribution in [0.25, 0.3) is 11.8 Å². The van der Waals surface area contributed by atoms with Gasteiger partial charge in [-0.2, -0.15) is 0 Å². The van der Waals surface area contributed by atoms with Crippen LogP contribution in [0, 0.1) is 6.92 Å². The standard InChI is InChI=1S/C22H15Br2N3O3/c1-13-11-17(8-9-19(13)24)27-21(29)18(20(28)25-22(27)30)12-16-3-2-10-26(16)15-6-4-14(23)5-7-15/h2-12H,1H3,(H,25,28,30)/b18-12-. The number of amides is 4. The van der Waals surface area contributed by atoms with E-state index in [0.29, 0.717) is 11.4 Å². The van der Waals surface area contributed by atoms with Crippen LogP contribution in [0.5, 0.6) is 0 Å². The smallest absolute Gasteiger partial charge is 0.317 e. The first-order chi connectivity index (χ1) is 14.3. The molecule has 1 N–H and O–H groups in total. The van der Waals surface area contributed by atoms with Crippen LogP contribution in [-0.2, 0) is 9.59 Å². The zero-order chi connectivity index (χ0) is 21.4. The maximum absolute atomic E-state index is 13.1. The van der Waals surface area contributed by atoms with Gasteiger partial charge >= 0.3 is 6.03 Å². The second-order valence-electron chi connectivity index (χ2n) is 6.67. The minimum absolute atomic E-state index is 0.118. The van der Waals surface area contributed by atoms with Crippen molar-refractivity contribution in [1.29, 1.82) is 0 Å². The van der Waals surface area contributed by atoms with Crippen LogP contribution in [0.3, 0.4) is 0 Å². The van der Waals surface area contributed by atoms with Gasteiger partial charge in [0.25, 0.3) is 11.8 Å². The molecule has 8 heteroatoms. The Hall–Kier alpha value is -2.97. The maximum atomic E-state index is 13.1. The summed E-state index contributed by atoms with van der Waals surface area (Å²) in [6, 6.07) is 15.6. The SMILES string of the molecule is Cc1cc(N2C(=O)NC(=O)/C(=C/c3cccn3-c3ccc(Br)cc3)C2=O)ccc1Br. The maximum Gasteiger partial charge on any atom is 0.335 e. The number of nitrogens with zero attached hydrogens (tertiary/aromatic N) is 2. The number of carbonyl (C=O) groups excluding carboxylic acids is 3. The highest BCUT2D eigenvalue weighted by molar-refractivity contribution is 9.10. The molecule has 4 rings (SSSR count). The quantitative estimate of drug-likeness (QED) is 0.385. The molecular formula is C22H15Br2N3O3. The van der Waals surface area contributed by atoms with Crippen molar-refractivity contribution in [3.8, 4) is 5.69 Å². The Bertz CT molecular complexity index is 1210. The number of imide groups is 2. The number of aryl methyl sites for hydroxylation is 1. The average Bonchev–Trinajstić information content (AvgIpc) is 3.16. The van der Waals surface area contributed by atoms with E-state index in [0.717, 1.165) is 25.1 Å². The monoisotopic (exact) mass is 527 g/mol. The first-order valence-corrected chi connectivity index (χ1v) is 10.5. The Morgan fingerprint density at radius 2 is 1.63 bits per heavy atom. The van der Waals surface area contributed by atoms with E-state index in [2.05, 4.69) is 37.2 Å². The molecule has 4 amide bonds. The molecule has 1 aliphatic heterocycles. The number of urea groups is 1. The van der Waals surface area contributed by atoms with Gasteiger partial charge in [0.1, 0.15) is 5.57 Å². The molecule has 2 heterocycles. The molecule has 150 valence electrons. The molecule has 0 aliphatic carbocycles. The molecular weight excluding hydrogens is 514 g/mol. The lowest BCUT2D eigenvalue weighted by molar-refractivity contribution is -0.122. The van der Waals surface area contributed by atoms with Crippen molar-refractivity contribution in [3.63, 3.8) is 0 Å². The third kappa shape index (κ3) is 3.76. The first kappa shape index (κ1) is 20.3. The van der Waals surface area contributed by atoms with Crippen molar-refractivity contribution in [2.24, 2.45) is 0 Å². The van der Waals surface area contributed by atoms with Gasteiger partial charge in [0.05, 0.1) is 5.69 Å².